The summed E-state index contributed by atoms with van der Waals surface area (Å²) < 4.78 is 1.27. The van der Waals surface area contributed by atoms with Crippen LogP contribution in [0.2, 0.25) is 0 Å². The number of nitrogens with zero attached hydrogens (tertiary/aromatic N) is 3. The summed E-state index contributed by atoms with van der Waals surface area (Å²) >= 11 is 1.54. The van der Waals surface area contributed by atoms with Crippen LogP contribution in [0.5, 0.6) is 5.75 Å². The molecule has 0 amide bonds. The van der Waals surface area contributed by atoms with Gasteiger partial charge in [0.1, 0.15) is 16.9 Å². The van der Waals surface area contributed by atoms with Gasteiger partial charge in [-0.05, 0) is 41.0 Å². The van der Waals surface area contributed by atoms with Gasteiger partial charge < -0.3 is 5.11 Å². The van der Waals surface area contributed by atoms with Crippen LogP contribution in [-0.4, -0.2) is 21.0 Å². The number of hydrogen-bond donors (Lipinski definition) is 1. The third kappa shape index (κ3) is 4.27. The number of thiophene rings is 1. The predicted molar refractivity (Wildman–Crippen MR) is 122 cm³/mol. The van der Waals surface area contributed by atoms with E-state index in [9.17, 15) is 9.90 Å². The average Bonchev–Trinajstić information content (AvgIpc) is 3.04. The minimum absolute atomic E-state index is 0.173. The van der Waals surface area contributed by atoms with Gasteiger partial charge in [0.05, 0.1) is 11.6 Å². The average molecular weight is 412 g/mol. The maximum Gasteiger partial charge on any atom is 0.282 e. The number of aryl methyl sites for hydroxylation is 1. The highest BCUT2D eigenvalue weighted by atomic mass is 32.1. The lowest BCUT2D eigenvalue weighted by Crippen LogP contribution is -2.18. The zero-order valence-corrected chi connectivity index (χ0v) is 19.0. The fourth-order valence-corrected chi connectivity index (χ4v) is 4.15. The highest BCUT2D eigenvalue weighted by Crippen LogP contribution is 2.39. The quantitative estimate of drug-likeness (QED) is 0.602. The predicted octanol–water partition coefficient (Wildman–Crippen LogP) is 5.20. The fraction of sp³-hybridized carbons (Fsp3) is 0.435. The minimum Gasteiger partial charge on any atom is -0.507 e. The Hall–Kier alpha value is -2.47. The Morgan fingerprint density at radius 3 is 2.21 bits per heavy atom. The lowest BCUT2D eigenvalue weighted by molar-refractivity contribution is 0.423. The van der Waals surface area contributed by atoms with Gasteiger partial charge in [-0.3, -0.25) is 4.79 Å². The zero-order chi connectivity index (χ0) is 21.6. The van der Waals surface area contributed by atoms with Crippen LogP contribution in [0.3, 0.4) is 0 Å². The Bertz CT molecular complexity index is 1110. The second-order valence-corrected chi connectivity index (χ2v) is 10.5. The van der Waals surface area contributed by atoms with Gasteiger partial charge in [0, 0.05) is 16.0 Å². The molecular formula is C23H29N3O2S. The Labute approximate surface area is 175 Å². The Balaban J connectivity index is 2.10. The topological polar surface area (TPSA) is 67.5 Å². The van der Waals surface area contributed by atoms with Crippen molar-refractivity contribution in [2.24, 2.45) is 5.10 Å². The summed E-state index contributed by atoms with van der Waals surface area (Å²) in [7, 11) is 0. The van der Waals surface area contributed by atoms with Gasteiger partial charge in [-0.2, -0.15) is 9.78 Å². The van der Waals surface area contributed by atoms with Gasteiger partial charge in [-0.25, -0.2) is 4.98 Å². The second-order valence-electron chi connectivity index (χ2n) is 9.39. The summed E-state index contributed by atoms with van der Waals surface area (Å²) in [6.45, 7) is 14.5. The highest BCUT2D eigenvalue weighted by Gasteiger charge is 2.26. The first-order valence-corrected chi connectivity index (χ1v) is 10.7. The molecule has 0 spiro atoms. The first-order valence-electron chi connectivity index (χ1n) is 9.84. The number of benzene rings is 1. The molecule has 0 aliphatic carbocycles. The molecule has 154 valence electrons. The molecule has 2 heterocycles. The maximum atomic E-state index is 12.8. The standard InChI is InChI=1S/C23H29N3O2S/c1-8-15-11-16-20(29-15)24-13-26(21(16)28)25-12-14-9-17(22(2,3)4)19(27)18(10-14)23(5,6)7/h9-13,27H,8H2,1-7H3/b25-12+. The molecule has 0 unspecified atom stereocenters. The van der Waals surface area contributed by atoms with Crippen LogP contribution in [0.4, 0.5) is 0 Å². The van der Waals surface area contributed by atoms with Gasteiger partial charge in [-0.15, -0.1) is 11.3 Å². The van der Waals surface area contributed by atoms with E-state index in [4.69, 9.17) is 0 Å². The van der Waals surface area contributed by atoms with Crippen LogP contribution in [-0.2, 0) is 17.3 Å². The molecule has 0 fully saturated rings. The maximum absolute atomic E-state index is 12.8. The van der Waals surface area contributed by atoms with Crippen molar-refractivity contribution in [2.45, 2.75) is 65.7 Å². The van der Waals surface area contributed by atoms with Gasteiger partial charge in [0.2, 0.25) is 0 Å². The van der Waals surface area contributed by atoms with Gasteiger partial charge in [0.15, 0.2) is 0 Å². The van der Waals surface area contributed by atoms with Crippen molar-refractivity contribution in [2.75, 3.05) is 0 Å². The molecule has 6 heteroatoms. The molecule has 1 N–H and O–H groups in total. The lowest BCUT2D eigenvalue weighted by Gasteiger charge is -2.27. The van der Waals surface area contributed by atoms with Crippen molar-refractivity contribution in [1.29, 1.82) is 0 Å². The molecule has 0 saturated heterocycles. The summed E-state index contributed by atoms with van der Waals surface area (Å²) in [5.41, 5.74) is 1.93. The van der Waals surface area contributed by atoms with Crippen LogP contribution in [0, 0.1) is 0 Å². The normalized spacial score (nSPS) is 12.9. The van der Waals surface area contributed by atoms with E-state index < -0.39 is 0 Å². The van der Waals surface area contributed by atoms with Crippen molar-refractivity contribution in [1.82, 2.24) is 9.66 Å². The molecule has 0 atom stereocenters. The molecule has 0 radical (unpaired) electrons. The van der Waals surface area contributed by atoms with Crippen LogP contribution in [0.1, 0.15) is 70.0 Å². The molecule has 29 heavy (non-hydrogen) atoms. The molecule has 1 aromatic carbocycles. The van der Waals surface area contributed by atoms with E-state index in [-0.39, 0.29) is 16.4 Å². The van der Waals surface area contributed by atoms with E-state index >= 15 is 0 Å². The molecule has 0 bridgehead atoms. The van der Waals surface area contributed by atoms with Crippen molar-refractivity contribution >= 4 is 27.8 Å². The van der Waals surface area contributed by atoms with E-state index in [0.29, 0.717) is 11.1 Å². The molecule has 2 aromatic heterocycles. The summed E-state index contributed by atoms with van der Waals surface area (Å²) in [6.07, 6.45) is 4.00. The Morgan fingerprint density at radius 1 is 1.10 bits per heavy atom. The second kappa shape index (κ2) is 7.41. The summed E-state index contributed by atoms with van der Waals surface area (Å²) in [5, 5.41) is 15.8. The van der Waals surface area contributed by atoms with Gasteiger partial charge >= 0.3 is 0 Å². The van der Waals surface area contributed by atoms with Crippen molar-refractivity contribution in [3.05, 3.63) is 56.4 Å². The number of rotatable bonds is 3. The first-order chi connectivity index (χ1) is 13.4. The molecule has 0 saturated carbocycles. The summed E-state index contributed by atoms with van der Waals surface area (Å²) in [6, 6.07) is 5.77. The Kier molecular flexibility index (Phi) is 5.43. The molecule has 5 nitrogen and oxygen atoms in total. The molecule has 0 aliphatic heterocycles. The highest BCUT2D eigenvalue weighted by molar-refractivity contribution is 7.18. The van der Waals surface area contributed by atoms with Crippen molar-refractivity contribution in [3.63, 3.8) is 0 Å². The number of hydrogen-bond acceptors (Lipinski definition) is 5. The van der Waals surface area contributed by atoms with Gasteiger partial charge in [-0.1, -0.05) is 48.5 Å². The smallest absolute Gasteiger partial charge is 0.282 e. The van der Waals surface area contributed by atoms with E-state index in [1.54, 1.807) is 17.6 Å². The number of aromatic hydroxyl groups is 1. The molecule has 3 aromatic rings. The molecule has 0 aliphatic rings. The first kappa shape index (κ1) is 21.2. The SMILES string of the molecule is CCc1cc2c(=O)n(/N=C/c3cc(C(C)(C)C)c(O)c(C(C)(C)C)c3)cnc2s1. The number of fused-ring (bicyclic) bond motifs is 1. The third-order valence-corrected chi connectivity index (χ3v) is 6.10. The largest absolute Gasteiger partial charge is 0.507 e. The molecular weight excluding hydrogens is 382 g/mol. The van der Waals surface area contributed by atoms with E-state index in [1.165, 1.54) is 11.0 Å². The summed E-state index contributed by atoms with van der Waals surface area (Å²) in [4.78, 5) is 19.0. The van der Waals surface area contributed by atoms with E-state index in [1.807, 2.05) is 18.2 Å². The zero-order valence-electron chi connectivity index (χ0n) is 18.2. The van der Waals surface area contributed by atoms with Crippen LogP contribution >= 0.6 is 11.3 Å². The monoisotopic (exact) mass is 411 g/mol. The summed E-state index contributed by atoms with van der Waals surface area (Å²) in [5.74, 6) is 0.327. The number of phenols is 1. The van der Waals surface area contributed by atoms with Crippen LogP contribution in [0.15, 0.2) is 34.4 Å². The number of phenolic OH excluding ortho intramolecular Hbond substituents is 1. The Morgan fingerprint density at radius 2 is 1.69 bits per heavy atom. The number of aromatic nitrogens is 2. The molecule has 3 rings (SSSR count). The third-order valence-electron chi connectivity index (χ3n) is 4.91. The fourth-order valence-electron chi connectivity index (χ4n) is 3.22. The van der Waals surface area contributed by atoms with Gasteiger partial charge in [0.25, 0.3) is 5.56 Å². The van der Waals surface area contributed by atoms with Crippen molar-refractivity contribution in [3.8, 4) is 5.75 Å². The van der Waals surface area contributed by atoms with E-state index in [2.05, 4.69) is 58.6 Å². The van der Waals surface area contributed by atoms with Crippen molar-refractivity contribution < 1.29 is 5.11 Å². The van der Waals surface area contributed by atoms with E-state index in [0.717, 1.165) is 32.8 Å². The van der Waals surface area contributed by atoms with Crippen LogP contribution in [0.25, 0.3) is 10.2 Å². The lowest BCUT2D eigenvalue weighted by atomic mass is 9.78. The minimum atomic E-state index is -0.224. The van der Waals surface area contributed by atoms with Crippen LogP contribution < -0.4 is 5.56 Å².